The molecule has 0 atom stereocenters. The molecule has 4 nitrogen and oxygen atoms in total. The van der Waals surface area contributed by atoms with Gasteiger partial charge < -0.3 is 5.32 Å². The highest BCUT2D eigenvalue weighted by Crippen LogP contribution is 2.27. The molecule has 1 saturated carbocycles. The predicted octanol–water partition coefficient (Wildman–Crippen LogP) is 4.25. The number of hydrogen-bond donors (Lipinski definition) is 1. The lowest BCUT2D eigenvalue weighted by molar-refractivity contribution is -0.116. The number of nitrogens with zero attached hydrogens (tertiary/aromatic N) is 2. The number of aryl methyl sites for hydroxylation is 1. The summed E-state index contributed by atoms with van der Waals surface area (Å²) in [5.41, 5.74) is 0.813. The zero-order valence-corrected chi connectivity index (χ0v) is 13.9. The van der Waals surface area contributed by atoms with Crippen LogP contribution in [0.5, 0.6) is 0 Å². The Hall–Kier alpha value is -1.32. The minimum atomic E-state index is -0.125. The summed E-state index contributed by atoms with van der Waals surface area (Å²) in [6, 6.07) is 1.95. The van der Waals surface area contributed by atoms with Gasteiger partial charge in [0, 0.05) is 12.5 Å². The van der Waals surface area contributed by atoms with Crippen LogP contribution in [0, 0.1) is 12.8 Å². The van der Waals surface area contributed by atoms with Gasteiger partial charge in [0.05, 0.1) is 11.2 Å². The van der Waals surface area contributed by atoms with E-state index >= 15 is 0 Å². The number of carbonyl (C=O) groups excluding carboxylic acids is 1. The second-order valence-electron chi connectivity index (χ2n) is 7.34. The monoisotopic (exact) mass is 291 g/mol. The first-order valence-corrected chi connectivity index (χ1v) is 8.23. The summed E-state index contributed by atoms with van der Waals surface area (Å²) < 4.78 is 1.90. The summed E-state index contributed by atoms with van der Waals surface area (Å²) in [6.45, 7) is 8.24. The van der Waals surface area contributed by atoms with E-state index in [1.54, 1.807) is 0 Å². The van der Waals surface area contributed by atoms with E-state index in [4.69, 9.17) is 0 Å². The molecule has 21 heavy (non-hydrogen) atoms. The van der Waals surface area contributed by atoms with Crippen molar-refractivity contribution in [1.82, 2.24) is 9.78 Å². The Balaban J connectivity index is 1.90. The number of hydrogen-bond acceptors (Lipinski definition) is 2. The van der Waals surface area contributed by atoms with Gasteiger partial charge in [-0.15, -0.1) is 0 Å². The first kappa shape index (κ1) is 16.1. The number of aromatic nitrogens is 2. The molecule has 1 fully saturated rings. The van der Waals surface area contributed by atoms with Crippen molar-refractivity contribution in [3.05, 3.63) is 11.8 Å². The van der Waals surface area contributed by atoms with Crippen molar-refractivity contribution in [2.75, 3.05) is 5.32 Å². The van der Waals surface area contributed by atoms with Crippen LogP contribution in [-0.4, -0.2) is 15.7 Å². The van der Waals surface area contributed by atoms with E-state index in [1.807, 2.05) is 17.7 Å². The summed E-state index contributed by atoms with van der Waals surface area (Å²) in [5, 5.41) is 7.53. The van der Waals surface area contributed by atoms with E-state index in [2.05, 4.69) is 31.2 Å². The molecule has 4 heteroatoms. The first-order valence-electron chi connectivity index (χ1n) is 8.23. The normalized spacial score (nSPS) is 17.0. The molecule has 0 aliphatic heterocycles. The Bertz CT molecular complexity index is 479. The van der Waals surface area contributed by atoms with Crippen molar-refractivity contribution in [2.45, 2.75) is 78.2 Å². The van der Waals surface area contributed by atoms with Crippen molar-refractivity contribution in [3.63, 3.8) is 0 Å². The third-order valence-corrected chi connectivity index (χ3v) is 4.24. The Morgan fingerprint density at radius 2 is 2.00 bits per heavy atom. The van der Waals surface area contributed by atoms with Gasteiger partial charge in [-0.25, -0.2) is 4.68 Å². The fourth-order valence-corrected chi connectivity index (χ4v) is 3.12. The molecule has 0 aromatic carbocycles. The van der Waals surface area contributed by atoms with Gasteiger partial charge in [-0.05, 0) is 40.0 Å². The molecule has 0 bridgehead atoms. The van der Waals surface area contributed by atoms with Gasteiger partial charge in [-0.2, -0.15) is 5.10 Å². The molecule has 0 saturated heterocycles. The van der Waals surface area contributed by atoms with Crippen LogP contribution in [0.3, 0.4) is 0 Å². The number of anilines is 1. The van der Waals surface area contributed by atoms with Crippen molar-refractivity contribution in [3.8, 4) is 0 Å². The van der Waals surface area contributed by atoms with E-state index in [1.165, 1.54) is 32.1 Å². The highest BCUT2D eigenvalue weighted by Gasteiger charge is 2.20. The lowest BCUT2D eigenvalue weighted by Gasteiger charge is -2.23. The van der Waals surface area contributed by atoms with Gasteiger partial charge in [-0.1, -0.05) is 32.1 Å². The predicted molar refractivity (Wildman–Crippen MR) is 86.4 cm³/mol. The molecule has 1 heterocycles. The van der Waals surface area contributed by atoms with Crippen LogP contribution in [0.2, 0.25) is 0 Å². The quantitative estimate of drug-likeness (QED) is 0.901. The molecule has 1 aromatic rings. The minimum absolute atomic E-state index is 0.117. The number of nitrogens with one attached hydrogen (secondary N) is 1. The van der Waals surface area contributed by atoms with Crippen molar-refractivity contribution < 1.29 is 4.79 Å². The van der Waals surface area contributed by atoms with Crippen LogP contribution < -0.4 is 5.32 Å². The molecular weight excluding hydrogens is 262 g/mol. The average molecular weight is 291 g/mol. The summed E-state index contributed by atoms with van der Waals surface area (Å²) >= 11 is 0. The number of amides is 1. The van der Waals surface area contributed by atoms with Crippen molar-refractivity contribution >= 4 is 11.7 Å². The SMILES string of the molecule is Cc1cc(NC(=O)CCC2CCCCC2)n(C(C)(C)C)n1. The van der Waals surface area contributed by atoms with Gasteiger partial charge in [0.2, 0.25) is 5.91 Å². The van der Waals surface area contributed by atoms with Crippen LogP contribution in [0.4, 0.5) is 5.82 Å². The Labute approximate surface area is 128 Å². The fourth-order valence-electron chi connectivity index (χ4n) is 3.12. The van der Waals surface area contributed by atoms with E-state index in [0.29, 0.717) is 6.42 Å². The van der Waals surface area contributed by atoms with Gasteiger partial charge in [0.1, 0.15) is 5.82 Å². The molecule has 1 aromatic heterocycles. The third kappa shape index (κ3) is 4.58. The molecule has 1 amide bonds. The largest absolute Gasteiger partial charge is 0.311 e. The van der Waals surface area contributed by atoms with Crippen LogP contribution >= 0.6 is 0 Å². The van der Waals surface area contributed by atoms with E-state index < -0.39 is 0 Å². The van der Waals surface area contributed by atoms with Gasteiger partial charge in [0.15, 0.2) is 0 Å². The number of carbonyl (C=O) groups is 1. The van der Waals surface area contributed by atoms with Gasteiger partial charge in [0.25, 0.3) is 0 Å². The molecule has 118 valence electrons. The topological polar surface area (TPSA) is 46.9 Å². The maximum atomic E-state index is 12.2. The summed E-state index contributed by atoms with van der Waals surface area (Å²) in [4.78, 5) is 12.2. The molecule has 1 aliphatic rings. The average Bonchev–Trinajstić information content (AvgIpc) is 2.78. The van der Waals surface area contributed by atoms with Crippen LogP contribution in [0.15, 0.2) is 6.07 Å². The zero-order valence-electron chi connectivity index (χ0n) is 13.9. The molecule has 0 spiro atoms. The van der Waals surface area contributed by atoms with Crippen LogP contribution in [0.1, 0.15) is 71.4 Å². The lowest BCUT2D eigenvalue weighted by Crippen LogP contribution is -2.27. The Morgan fingerprint density at radius 1 is 1.33 bits per heavy atom. The van der Waals surface area contributed by atoms with E-state index in [-0.39, 0.29) is 11.4 Å². The smallest absolute Gasteiger partial charge is 0.225 e. The van der Waals surface area contributed by atoms with Crippen molar-refractivity contribution in [2.24, 2.45) is 5.92 Å². The first-order chi connectivity index (χ1) is 9.86. The lowest BCUT2D eigenvalue weighted by atomic mass is 9.86. The molecule has 1 N–H and O–H groups in total. The van der Waals surface area contributed by atoms with Crippen LogP contribution in [0.25, 0.3) is 0 Å². The number of rotatable bonds is 4. The Kier molecular flexibility index (Phi) is 5.07. The van der Waals surface area contributed by atoms with Crippen molar-refractivity contribution in [1.29, 1.82) is 0 Å². The maximum absolute atomic E-state index is 12.2. The summed E-state index contributed by atoms with van der Waals surface area (Å²) in [7, 11) is 0. The highest BCUT2D eigenvalue weighted by atomic mass is 16.1. The van der Waals surface area contributed by atoms with Gasteiger partial charge in [-0.3, -0.25) is 4.79 Å². The van der Waals surface area contributed by atoms with E-state index in [9.17, 15) is 4.79 Å². The van der Waals surface area contributed by atoms with E-state index in [0.717, 1.165) is 23.9 Å². The molecular formula is C17H29N3O. The maximum Gasteiger partial charge on any atom is 0.225 e. The highest BCUT2D eigenvalue weighted by molar-refractivity contribution is 5.89. The summed E-state index contributed by atoms with van der Waals surface area (Å²) in [5.74, 6) is 1.68. The molecule has 0 radical (unpaired) electrons. The molecule has 0 unspecified atom stereocenters. The fraction of sp³-hybridized carbons (Fsp3) is 0.765. The summed E-state index contributed by atoms with van der Waals surface area (Å²) in [6.07, 6.45) is 8.28. The zero-order chi connectivity index (χ0) is 15.5. The second kappa shape index (κ2) is 6.63. The second-order valence-corrected chi connectivity index (χ2v) is 7.34. The standard InChI is InChI=1S/C17H29N3O/c1-13-12-15(20(19-13)17(2,3)4)18-16(21)11-10-14-8-6-5-7-9-14/h12,14H,5-11H2,1-4H3,(H,18,21). The third-order valence-electron chi connectivity index (χ3n) is 4.24. The van der Waals surface area contributed by atoms with Gasteiger partial charge >= 0.3 is 0 Å². The minimum Gasteiger partial charge on any atom is -0.311 e. The molecule has 2 rings (SSSR count). The van der Waals surface area contributed by atoms with Crippen LogP contribution in [-0.2, 0) is 10.3 Å². The molecule has 1 aliphatic carbocycles. The Morgan fingerprint density at radius 3 is 2.62 bits per heavy atom.